The Hall–Kier alpha value is -2.44. The van der Waals surface area contributed by atoms with E-state index in [0.717, 1.165) is 57.8 Å². The number of hydrogen-bond donors (Lipinski definition) is 3. The molecule has 0 rings (SSSR count). The maximum atomic E-state index is 12.5. The lowest BCUT2D eigenvalue weighted by Gasteiger charge is -2.20. The Balaban J connectivity index is 3.45. The highest BCUT2D eigenvalue weighted by atomic mass is 16.5. The number of amides is 1. The molecule has 0 fully saturated rings. The molecule has 0 aromatic heterocycles. The molecule has 414 valence electrons. The summed E-state index contributed by atoms with van der Waals surface area (Å²) in [6.45, 7) is 4.83. The van der Waals surface area contributed by atoms with Gasteiger partial charge < -0.3 is 20.3 Å². The minimum absolute atomic E-state index is 0.00582. The van der Waals surface area contributed by atoms with Gasteiger partial charge in [0.05, 0.1) is 25.4 Å². The molecule has 71 heavy (non-hydrogen) atoms. The molecular formula is C65H119NO5. The van der Waals surface area contributed by atoms with E-state index in [1.165, 1.54) is 231 Å². The van der Waals surface area contributed by atoms with Crippen molar-refractivity contribution in [3.8, 4) is 0 Å². The molecule has 2 atom stereocenters. The quantitative estimate of drug-likeness (QED) is 0.0321. The van der Waals surface area contributed by atoms with Gasteiger partial charge in [-0.25, -0.2) is 0 Å². The maximum absolute atomic E-state index is 12.5. The van der Waals surface area contributed by atoms with Crippen molar-refractivity contribution >= 4 is 11.9 Å². The normalized spacial score (nSPS) is 13.0. The molecule has 0 radical (unpaired) electrons. The van der Waals surface area contributed by atoms with E-state index in [9.17, 15) is 19.8 Å². The monoisotopic (exact) mass is 994 g/mol. The van der Waals surface area contributed by atoms with Crippen LogP contribution in [0.2, 0.25) is 0 Å². The summed E-state index contributed by atoms with van der Waals surface area (Å²) in [7, 11) is 0. The Morgan fingerprint density at radius 2 is 0.732 bits per heavy atom. The highest BCUT2D eigenvalue weighted by molar-refractivity contribution is 5.76. The zero-order valence-electron chi connectivity index (χ0n) is 47.2. The van der Waals surface area contributed by atoms with Crippen molar-refractivity contribution in [2.45, 2.75) is 328 Å². The summed E-state index contributed by atoms with van der Waals surface area (Å²) in [6, 6.07) is -0.631. The highest BCUT2D eigenvalue weighted by Crippen LogP contribution is 2.16. The van der Waals surface area contributed by atoms with Crippen molar-refractivity contribution in [1.29, 1.82) is 0 Å². The van der Waals surface area contributed by atoms with Crippen LogP contribution in [-0.4, -0.2) is 47.4 Å². The number of carbonyl (C=O) groups is 2. The number of unbranched alkanes of at least 4 members (excludes halogenated alkanes) is 38. The minimum atomic E-state index is -0.847. The third-order valence-corrected chi connectivity index (χ3v) is 14.0. The van der Waals surface area contributed by atoms with Gasteiger partial charge in [-0.05, 0) is 89.9 Å². The van der Waals surface area contributed by atoms with Crippen molar-refractivity contribution in [3.05, 3.63) is 60.8 Å². The first-order valence-electron chi connectivity index (χ1n) is 31.1. The fraction of sp³-hybridized carbons (Fsp3) is 0.815. The molecule has 0 aromatic rings. The molecule has 0 aliphatic heterocycles. The number of rotatable bonds is 57. The lowest BCUT2D eigenvalue weighted by Crippen LogP contribution is -2.45. The molecule has 0 aromatic carbocycles. The number of hydrogen-bond acceptors (Lipinski definition) is 5. The van der Waals surface area contributed by atoms with Gasteiger partial charge in [-0.1, -0.05) is 274 Å². The van der Waals surface area contributed by atoms with E-state index in [-0.39, 0.29) is 18.5 Å². The van der Waals surface area contributed by atoms with Crippen LogP contribution in [0.15, 0.2) is 60.8 Å². The van der Waals surface area contributed by atoms with Crippen LogP contribution in [0.1, 0.15) is 316 Å². The molecule has 0 spiro atoms. The fourth-order valence-electron chi connectivity index (χ4n) is 9.23. The van der Waals surface area contributed by atoms with Crippen LogP contribution in [0.25, 0.3) is 0 Å². The zero-order chi connectivity index (χ0) is 51.4. The first-order valence-corrected chi connectivity index (χ1v) is 31.1. The third-order valence-electron chi connectivity index (χ3n) is 14.0. The van der Waals surface area contributed by atoms with Gasteiger partial charge >= 0.3 is 5.97 Å². The number of ether oxygens (including phenoxy) is 1. The van der Waals surface area contributed by atoms with E-state index in [4.69, 9.17) is 4.74 Å². The topological polar surface area (TPSA) is 95.9 Å². The number of carbonyl (C=O) groups excluding carboxylic acids is 2. The number of aliphatic hydroxyl groups is 2. The predicted molar refractivity (Wildman–Crippen MR) is 310 cm³/mol. The summed E-state index contributed by atoms with van der Waals surface area (Å²) in [5.74, 6) is -0.0772. The van der Waals surface area contributed by atoms with E-state index >= 15 is 0 Å². The van der Waals surface area contributed by atoms with Crippen molar-refractivity contribution in [1.82, 2.24) is 5.32 Å². The van der Waals surface area contributed by atoms with Gasteiger partial charge in [0.1, 0.15) is 0 Å². The standard InChI is InChI=1S/C65H119NO5/c1-3-5-7-9-11-13-15-17-34-37-41-45-49-53-57-63(68)62(61-67)66-64(69)58-54-50-46-42-38-35-31-29-27-25-23-21-19-18-20-22-24-26-28-30-32-36-40-44-48-52-56-60-71-65(70)59-55-51-47-43-39-33-16-14-12-10-8-6-4-2/h8,10,14,16,18-19,22,24,53,57,62-63,67-68H,3-7,9,11-13,15,17,20-21,23,25-52,54-56,58-61H2,1-2H3,(H,66,69)/b10-8-,16-14-,19-18-,24-22-,57-53+. The first kappa shape index (κ1) is 68.6. The van der Waals surface area contributed by atoms with Gasteiger partial charge in [-0.2, -0.15) is 0 Å². The molecule has 6 nitrogen and oxygen atoms in total. The lowest BCUT2D eigenvalue weighted by molar-refractivity contribution is -0.143. The minimum Gasteiger partial charge on any atom is -0.466 e. The first-order chi connectivity index (χ1) is 35.0. The maximum Gasteiger partial charge on any atom is 0.305 e. The molecule has 0 saturated carbocycles. The Kier molecular flexibility index (Phi) is 58.1. The molecule has 1 amide bonds. The summed E-state index contributed by atoms with van der Waals surface area (Å²) in [4.78, 5) is 24.5. The average Bonchev–Trinajstić information content (AvgIpc) is 3.37. The van der Waals surface area contributed by atoms with Crippen LogP contribution in [0, 0.1) is 0 Å². The van der Waals surface area contributed by atoms with Crippen LogP contribution in [0.4, 0.5) is 0 Å². The van der Waals surface area contributed by atoms with E-state index < -0.39 is 12.1 Å². The summed E-state index contributed by atoms with van der Waals surface area (Å²) in [5, 5.41) is 23.1. The van der Waals surface area contributed by atoms with Crippen LogP contribution < -0.4 is 5.32 Å². The average molecular weight is 995 g/mol. The van der Waals surface area contributed by atoms with Crippen molar-refractivity contribution < 1.29 is 24.5 Å². The predicted octanol–water partition coefficient (Wildman–Crippen LogP) is 19.5. The number of esters is 1. The Labute approximate surface area is 441 Å². The van der Waals surface area contributed by atoms with E-state index in [0.29, 0.717) is 19.4 Å². The van der Waals surface area contributed by atoms with Crippen molar-refractivity contribution in [2.75, 3.05) is 13.2 Å². The molecule has 0 saturated heterocycles. The van der Waals surface area contributed by atoms with Crippen LogP contribution in [0.3, 0.4) is 0 Å². The largest absolute Gasteiger partial charge is 0.466 e. The molecule has 2 unspecified atom stereocenters. The molecule has 6 heteroatoms. The Morgan fingerprint density at radius 1 is 0.394 bits per heavy atom. The molecule has 0 heterocycles. The summed E-state index contributed by atoms with van der Waals surface area (Å²) in [5.41, 5.74) is 0. The van der Waals surface area contributed by atoms with Gasteiger partial charge in [-0.3, -0.25) is 9.59 Å². The number of aliphatic hydroxyl groups excluding tert-OH is 2. The molecule has 3 N–H and O–H groups in total. The van der Waals surface area contributed by atoms with Crippen LogP contribution in [-0.2, 0) is 14.3 Å². The van der Waals surface area contributed by atoms with Gasteiger partial charge in [-0.15, -0.1) is 0 Å². The van der Waals surface area contributed by atoms with Gasteiger partial charge in [0.2, 0.25) is 5.91 Å². The van der Waals surface area contributed by atoms with Crippen molar-refractivity contribution in [2.24, 2.45) is 0 Å². The second-order valence-electron chi connectivity index (χ2n) is 21.0. The van der Waals surface area contributed by atoms with E-state index in [2.05, 4.69) is 67.8 Å². The SMILES string of the molecule is CCC/C=C\C/C=C\CCCCCCCC(=O)OCCCCCCCCCCC/C=C\C/C=C\CCCCCCCCCCCCCC(=O)NC(CO)C(O)/C=C/CCCCCCCCCCCCCC. The Morgan fingerprint density at radius 3 is 1.13 bits per heavy atom. The number of allylic oxidation sites excluding steroid dienone is 9. The number of nitrogens with one attached hydrogen (secondary N) is 1. The lowest BCUT2D eigenvalue weighted by atomic mass is 10.0. The van der Waals surface area contributed by atoms with Crippen molar-refractivity contribution in [3.63, 3.8) is 0 Å². The molecule has 0 aliphatic carbocycles. The van der Waals surface area contributed by atoms with Crippen LogP contribution >= 0.6 is 0 Å². The highest BCUT2D eigenvalue weighted by Gasteiger charge is 2.18. The second-order valence-corrected chi connectivity index (χ2v) is 21.0. The fourth-order valence-corrected chi connectivity index (χ4v) is 9.23. The van der Waals surface area contributed by atoms with E-state index in [1.807, 2.05) is 6.08 Å². The molecular weight excluding hydrogens is 875 g/mol. The van der Waals surface area contributed by atoms with Gasteiger partial charge in [0.15, 0.2) is 0 Å². The van der Waals surface area contributed by atoms with Gasteiger partial charge in [0.25, 0.3) is 0 Å². The zero-order valence-corrected chi connectivity index (χ0v) is 47.2. The molecule has 0 aliphatic rings. The second kappa shape index (κ2) is 60.1. The van der Waals surface area contributed by atoms with Crippen LogP contribution in [0.5, 0.6) is 0 Å². The van der Waals surface area contributed by atoms with E-state index in [1.54, 1.807) is 6.08 Å². The molecule has 0 bridgehead atoms. The summed E-state index contributed by atoms with van der Waals surface area (Å²) in [6.07, 6.45) is 78.3. The summed E-state index contributed by atoms with van der Waals surface area (Å²) >= 11 is 0. The smallest absolute Gasteiger partial charge is 0.305 e. The third kappa shape index (κ3) is 56.7. The van der Waals surface area contributed by atoms with Gasteiger partial charge in [0, 0.05) is 12.8 Å². The Bertz CT molecular complexity index is 1240. The summed E-state index contributed by atoms with van der Waals surface area (Å²) < 4.78 is 5.46.